The van der Waals surface area contributed by atoms with Crippen molar-refractivity contribution >= 4 is 119 Å². The van der Waals surface area contributed by atoms with Crippen LogP contribution in [0.3, 0.4) is 0 Å². The van der Waals surface area contributed by atoms with Crippen molar-refractivity contribution in [3.8, 4) is 55.6 Å². The molecule has 2 aromatic heterocycles. The van der Waals surface area contributed by atoms with Gasteiger partial charge in [-0.2, -0.15) is 0 Å². The van der Waals surface area contributed by atoms with E-state index >= 15 is 0 Å². The molecule has 0 unspecified atom stereocenters. The molecule has 0 aliphatic rings. The van der Waals surface area contributed by atoms with E-state index in [0.717, 1.165) is 22.7 Å². The largest absolute Gasteiger partial charge is 0.309 e. The predicted molar refractivity (Wildman–Crippen MR) is 383 cm³/mol. The van der Waals surface area contributed by atoms with Crippen LogP contribution in [-0.2, 0) is 0 Å². The van der Waals surface area contributed by atoms with Crippen LogP contribution in [-0.4, -0.2) is 0 Å². The Morgan fingerprint density at radius 3 is 1.00 bits per heavy atom. The maximum absolute atomic E-state index is 2.50. The molecule has 0 aliphatic carbocycles. The van der Waals surface area contributed by atoms with E-state index in [9.17, 15) is 0 Å². The Kier molecular flexibility index (Phi) is 13.2. The molecule has 0 saturated heterocycles. The van der Waals surface area contributed by atoms with Gasteiger partial charge in [-0.3, -0.25) is 0 Å². The monoisotopic (exact) mass is 1160 g/mol. The molecule has 2 nitrogen and oxygen atoms in total. The molecular formula is C84H60N2S2. The lowest BCUT2D eigenvalue weighted by atomic mass is 9.94. The molecule has 16 rings (SSSR count). The third-order valence-electron chi connectivity index (χ3n) is 18.0. The Bertz CT molecular complexity index is 5050. The normalized spacial score (nSPS) is 11.6. The lowest BCUT2D eigenvalue weighted by Gasteiger charge is -2.32. The predicted octanol–water partition coefficient (Wildman–Crippen LogP) is 25.2. The van der Waals surface area contributed by atoms with E-state index in [1.54, 1.807) is 0 Å². The average molecular weight is 1160 g/mol. The van der Waals surface area contributed by atoms with Crippen LogP contribution in [0.25, 0.3) is 118 Å². The van der Waals surface area contributed by atoms with E-state index in [1.807, 2.05) is 22.7 Å². The molecule has 0 N–H and O–H groups in total. The highest BCUT2D eigenvalue weighted by atomic mass is 32.1. The highest BCUT2D eigenvalue weighted by Crippen LogP contribution is 2.50. The molecule has 0 fully saturated rings. The summed E-state index contributed by atoms with van der Waals surface area (Å²) in [5.74, 6) is 0. The number of hydrogen-bond donors (Lipinski definition) is 0. The van der Waals surface area contributed by atoms with Gasteiger partial charge in [-0.05, 0) is 201 Å². The van der Waals surface area contributed by atoms with E-state index in [0.29, 0.717) is 0 Å². The molecule has 0 atom stereocenters. The van der Waals surface area contributed by atoms with Crippen molar-refractivity contribution in [3.63, 3.8) is 0 Å². The number of hydrogen-bond acceptors (Lipinski definition) is 4. The molecule has 2 heterocycles. The Morgan fingerprint density at radius 1 is 0.227 bits per heavy atom. The van der Waals surface area contributed by atoms with Gasteiger partial charge < -0.3 is 9.80 Å². The quantitative estimate of drug-likeness (QED) is 0.127. The average Bonchev–Trinajstić information content (AvgIpc) is 1.42. The molecule has 88 heavy (non-hydrogen) atoms. The Labute approximate surface area is 521 Å². The summed E-state index contributed by atoms with van der Waals surface area (Å²) in [5, 5.41) is 10.2. The molecule has 418 valence electrons. The van der Waals surface area contributed by atoms with Crippen molar-refractivity contribution in [2.24, 2.45) is 0 Å². The molecule has 0 radical (unpaired) electrons. The second kappa shape index (κ2) is 21.9. The van der Waals surface area contributed by atoms with E-state index in [4.69, 9.17) is 0 Å². The fourth-order valence-corrected chi connectivity index (χ4v) is 15.8. The molecule has 0 amide bonds. The van der Waals surface area contributed by atoms with Gasteiger partial charge in [0.15, 0.2) is 0 Å². The molecule has 14 aromatic carbocycles. The van der Waals surface area contributed by atoms with E-state index in [-0.39, 0.29) is 0 Å². The number of fused-ring (bicyclic) bond motifs is 8. The van der Waals surface area contributed by atoms with Crippen molar-refractivity contribution in [3.05, 3.63) is 313 Å². The van der Waals surface area contributed by atoms with Crippen LogP contribution in [0.2, 0.25) is 0 Å². The maximum Gasteiger partial charge on any atom is 0.0569 e. The van der Waals surface area contributed by atoms with Gasteiger partial charge in [0.05, 0.1) is 11.4 Å². The first-order valence-electron chi connectivity index (χ1n) is 30.3. The minimum Gasteiger partial charge on any atom is -0.309 e. The number of aryl methyl sites for hydroxylation is 4. The Balaban J connectivity index is 0.817. The second-order valence-electron chi connectivity index (χ2n) is 23.4. The zero-order valence-electron chi connectivity index (χ0n) is 49.4. The fraction of sp³-hybridized carbons (Fsp3) is 0.0476. The van der Waals surface area contributed by atoms with Crippen molar-refractivity contribution in [2.75, 3.05) is 9.80 Å². The lowest BCUT2D eigenvalue weighted by Crippen LogP contribution is -2.14. The summed E-state index contributed by atoms with van der Waals surface area (Å²) in [4.78, 5) is 5.01. The van der Waals surface area contributed by atoms with Gasteiger partial charge in [0.1, 0.15) is 0 Å². The molecule has 0 aliphatic heterocycles. The number of rotatable bonds is 11. The molecule has 16 aromatic rings. The van der Waals surface area contributed by atoms with Gasteiger partial charge in [0.25, 0.3) is 0 Å². The highest BCUT2D eigenvalue weighted by molar-refractivity contribution is 7.26. The molecular weight excluding hydrogens is 1100 g/mol. The number of anilines is 6. The van der Waals surface area contributed by atoms with Gasteiger partial charge in [-0.1, -0.05) is 206 Å². The SMILES string of the molecule is Cc1cc(-c2ccc(N(c3ccc(-c4cccc5ccccc45)cc3)c3c(C)cccc3-c3ccc4sc5ccccc5c4c3)c(C)c2)ccc1N(c1ccc(-c2cccc3ccccc23)cc1)c1c(C)cccc1-c1ccc2sc3ccccc3c2c1. The number of nitrogens with zero attached hydrogens (tertiary/aromatic N) is 2. The van der Waals surface area contributed by atoms with E-state index in [2.05, 4.69) is 329 Å². The number of para-hydroxylation sites is 2. The fourth-order valence-electron chi connectivity index (χ4n) is 13.6. The molecule has 0 saturated carbocycles. The zero-order valence-corrected chi connectivity index (χ0v) is 51.1. The molecule has 4 heteroatoms. The van der Waals surface area contributed by atoms with Crippen LogP contribution in [0.4, 0.5) is 34.1 Å². The standard InChI is InChI=1S/C84H60N2S2/c1-53-17-13-29-71(63-39-47-81-75(51-63)73-25-9-11-31-79(73)87-81)83(53)85(65-41-33-59(34-42-65)69-27-15-21-57-19-5-7-23-67(57)69)77-45-37-61(49-55(77)3)62-38-46-78(56(4)50-62)86(66-43-35-60(36-44-66)70-28-16-22-58-20-6-8-24-68(58)70)84-54(2)18-14-30-72(84)64-40-48-82-76(52-64)74-26-10-12-32-80(74)88-82/h5-52H,1-4H3. The number of benzene rings is 14. The van der Waals surface area contributed by atoms with E-state index in [1.165, 1.54) is 151 Å². The highest BCUT2D eigenvalue weighted by Gasteiger charge is 2.25. The summed E-state index contributed by atoms with van der Waals surface area (Å²) >= 11 is 3.73. The van der Waals surface area contributed by atoms with Crippen LogP contribution < -0.4 is 9.80 Å². The summed E-state index contributed by atoms with van der Waals surface area (Å²) in [7, 11) is 0. The zero-order chi connectivity index (χ0) is 59.0. The van der Waals surface area contributed by atoms with Crippen molar-refractivity contribution < 1.29 is 0 Å². The molecule has 0 spiro atoms. The van der Waals surface area contributed by atoms with Gasteiger partial charge in [-0.25, -0.2) is 0 Å². The van der Waals surface area contributed by atoms with Crippen LogP contribution in [0.5, 0.6) is 0 Å². The molecule has 0 bridgehead atoms. The van der Waals surface area contributed by atoms with Gasteiger partial charge in [0.2, 0.25) is 0 Å². The van der Waals surface area contributed by atoms with Gasteiger partial charge in [0, 0.05) is 74.2 Å². The topological polar surface area (TPSA) is 6.48 Å². The first-order chi connectivity index (χ1) is 43.3. The second-order valence-corrected chi connectivity index (χ2v) is 25.5. The first-order valence-corrected chi connectivity index (χ1v) is 31.9. The summed E-state index contributed by atoms with van der Waals surface area (Å²) in [6.07, 6.45) is 0. The summed E-state index contributed by atoms with van der Waals surface area (Å²) < 4.78 is 5.22. The minimum absolute atomic E-state index is 1.10. The van der Waals surface area contributed by atoms with Crippen LogP contribution >= 0.6 is 22.7 Å². The van der Waals surface area contributed by atoms with Crippen LogP contribution in [0.15, 0.2) is 291 Å². The van der Waals surface area contributed by atoms with Gasteiger partial charge >= 0.3 is 0 Å². The Morgan fingerprint density at radius 2 is 0.568 bits per heavy atom. The van der Waals surface area contributed by atoms with Gasteiger partial charge in [-0.15, -0.1) is 22.7 Å². The summed E-state index contributed by atoms with van der Waals surface area (Å²) in [6.45, 7) is 9.07. The van der Waals surface area contributed by atoms with Crippen molar-refractivity contribution in [2.45, 2.75) is 27.7 Å². The smallest absolute Gasteiger partial charge is 0.0569 e. The third-order valence-corrected chi connectivity index (χ3v) is 20.3. The maximum atomic E-state index is 2.50. The van der Waals surface area contributed by atoms with Crippen molar-refractivity contribution in [1.29, 1.82) is 0 Å². The van der Waals surface area contributed by atoms with Crippen LogP contribution in [0.1, 0.15) is 22.3 Å². The summed E-state index contributed by atoms with van der Waals surface area (Å²) in [5.41, 5.74) is 23.5. The van der Waals surface area contributed by atoms with Crippen LogP contribution in [0, 0.1) is 27.7 Å². The third kappa shape index (κ3) is 9.23. The summed E-state index contributed by atoms with van der Waals surface area (Å²) in [6, 6.07) is 108. The lowest BCUT2D eigenvalue weighted by molar-refractivity contribution is 1.22. The Hall–Kier alpha value is -10.4. The van der Waals surface area contributed by atoms with E-state index < -0.39 is 0 Å². The number of thiophene rings is 2. The van der Waals surface area contributed by atoms with Crippen molar-refractivity contribution in [1.82, 2.24) is 0 Å². The first kappa shape index (κ1) is 53.1. The minimum atomic E-state index is 1.10.